The van der Waals surface area contributed by atoms with Crippen molar-refractivity contribution >= 4 is 12.0 Å². The van der Waals surface area contributed by atoms with Crippen LogP contribution in [0.4, 0.5) is 4.79 Å². The summed E-state index contributed by atoms with van der Waals surface area (Å²) in [6, 6.07) is 0.0599. The molecule has 5 heteroatoms. The van der Waals surface area contributed by atoms with Crippen LogP contribution in [0.25, 0.3) is 0 Å². The van der Waals surface area contributed by atoms with Crippen LogP contribution in [0.3, 0.4) is 0 Å². The van der Waals surface area contributed by atoms with Gasteiger partial charge in [-0.2, -0.15) is 0 Å². The SMILES string of the molecule is CCC(C)(C)N(C)C(=O)N1CCC(CCC(=O)O)C1. The number of carboxylic acids is 1. The van der Waals surface area contributed by atoms with Crippen LogP contribution in [0.2, 0.25) is 0 Å². The van der Waals surface area contributed by atoms with E-state index in [1.165, 1.54) is 0 Å². The van der Waals surface area contributed by atoms with E-state index >= 15 is 0 Å². The molecule has 1 rings (SSSR count). The van der Waals surface area contributed by atoms with Crippen LogP contribution in [-0.2, 0) is 4.79 Å². The van der Waals surface area contributed by atoms with Crippen molar-refractivity contribution < 1.29 is 14.7 Å². The van der Waals surface area contributed by atoms with Gasteiger partial charge in [0.1, 0.15) is 0 Å². The van der Waals surface area contributed by atoms with Crippen molar-refractivity contribution in [3.63, 3.8) is 0 Å². The van der Waals surface area contributed by atoms with Gasteiger partial charge in [-0.25, -0.2) is 4.79 Å². The van der Waals surface area contributed by atoms with Gasteiger partial charge in [-0.15, -0.1) is 0 Å². The molecule has 1 saturated heterocycles. The Morgan fingerprint density at radius 3 is 2.58 bits per heavy atom. The molecule has 0 spiro atoms. The van der Waals surface area contributed by atoms with Crippen LogP contribution >= 0.6 is 0 Å². The minimum atomic E-state index is -0.756. The lowest BCUT2D eigenvalue weighted by Crippen LogP contribution is -2.50. The highest BCUT2D eigenvalue weighted by Crippen LogP contribution is 2.24. The van der Waals surface area contributed by atoms with Crippen molar-refractivity contribution in [3.8, 4) is 0 Å². The van der Waals surface area contributed by atoms with Gasteiger partial charge in [-0.05, 0) is 39.0 Å². The van der Waals surface area contributed by atoms with Crippen LogP contribution in [0, 0.1) is 5.92 Å². The number of likely N-dealkylation sites (tertiary alicyclic amines) is 1. The third-order valence-corrected chi connectivity index (χ3v) is 4.38. The third-order valence-electron chi connectivity index (χ3n) is 4.38. The second-order valence-electron chi connectivity index (χ2n) is 6.04. The molecule has 0 aliphatic carbocycles. The van der Waals surface area contributed by atoms with Crippen molar-refractivity contribution in [1.82, 2.24) is 9.80 Å². The van der Waals surface area contributed by atoms with E-state index in [0.717, 1.165) is 19.4 Å². The van der Waals surface area contributed by atoms with Crippen LogP contribution in [0.1, 0.15) is 46.5 Å². The molecule has 0 saturated carbocycles. The fraction of sp³-hybridized carbons (Fsp3) is 0.857. The second kappa shape index (κ2) is 6.26. The Balaban J connectivity index is 2.50. The fourth-order valence-electron chi connectivity index (χ4n) is 2.28. The maximum atomic E-state index is 12.4. The van der Waals surface area contributed by atoms with Crippen molar-refractivity contribution in [1.29, 1.82) is 0 Å². The van der Waals surface area contributed by atoms with E-state index < -0.39 is 5.97 Å². The number of hydrogen-bond donors (Lipinski definition) is 1. The van der Waals surface area contributed by atoms with Gasteiger partial charge in [0.25, 0.3) is 0 Å². The second-order valence-corrected chi connectivity index (χ2v) is 6.04. The van der Waals surface area contributed by atoms with E-state index in [0.29, 0.717) is 18.9 Å². The van der Waals surface area contributed by atoms with Crippen LogP contribution in [0.5, 0.6) is 0 Å². The van der Waals surface area contributed by atoms with Gasteiger partial charge in [0.05, 0.1) is 0 Å². The molecule has 0 bridgehead atoms. The normalized spacial score (nSPS) is 19.6. The quantitative estimate of drug-likeness (QED) is 0.834. The zero-order valence-corrected chi connectivity index (χ0v) is 12.5. The van der Waals surface area contributed by atoms with Gasteiger partial charge in [0, 0.05) is 32.1 Å². The van der Waals surface area contributed by atoms with Crippen molar-refractivity contribution in [2.24, 2.45) is 5.92 Å². The van der Waals surface area contributed by atoms with E-state index in [2.05, 4.69) is 20.8 Å². The Morgan fingerprint density at radius 2 is 2.05 bits per heavy atom. The first-order valence-corrected chi connectivity index (χ1v) is 7.02. The average Bonchev–Trinajstić information content (AvgIpc) is 2.83. The molecule has 0 aromatic rings. The van der Waals surface area contributed by atoms with Crippen LogP contribution in [0.15, 0.2) is 0 Å². The first-order chi connectivity index (χ1) is 8.77. The molecule has 1 aliphatic heterocycles. The number of urea groups is 1. The highest BCUT2D eigenvalue weighted by atomic mass is 16.4. The molecule has 0 radical (unpaired) electrons. The van der Waals surface area contributed by atoms with E-state index in [1.54, 1.807) is 4.90 Å². The largest absolute Gasteiger partial charge is 0.481 e. The van der Waals surface area contributed by atoms with Gasteiger partial charge in [0.2, 0.25) is 0 Å². The topological polar surface area (TPSA) is 60.9 Å². The number of hydrogen-bond acceptors (Lipinski definition) is 2. The van der Waals surface area contributed by atoms with Crippen LogP contribution in [-0.4, -0.2) is 52.6 Å². The Kier molecular flexibility index (Phi) is 5.20. The number of carboxylic acid groups (broad SMARTS) is 1. The molecule has 1 aliphatic rings. The van der Waals surface area contributed by atoms with E-state index in [9.17, 15) is 9.59 Å². The van der Waals surface area contributed by atoms with E-state index in [1.807, 2.05) is 11.9 Å². The zero-order chi connectivity index (χ0) is 14.6. The highest BCUT2D eigenvalue weighted by molar-refractivity contribution is 5.75. The fourth-order valence-corrected chi connectivity index (χ4v) is 2.28. The predicted molar refractivity (Wildman–Crippen MR) is 74.1 cm³/mol. The Labute approximate surface area is 115 Å². The smallest absolute Gasteiger partial charge is 0.320 e. The Hall–Kier alpha value is -1.26. The summed E-state index contributed by atoms with van der Waals surface area (Å²) in [5.41, 5.74) is -0.143. The molecule has 1 N–H and O–H groups in total. The monoisotopic (exact) mass is 270 g/mol. The number of aliphatic carboxylic acids is 1. The molecule has 1 heterocycles. The number of rotatable bonds is 5. The van der Waals surface area contributed by atoms with Gasteiger partial charge in [-0.1, -0.05) is 6.92 Å². The Bertz CT molecular complexity index is 342. The van der Waals surface area contributed by atoms with Gasteiger partial charge in [0.15, 0.2) is 0 Å². The molecule has 0 aromatic heterocycles. The molecular formula is C14H26N2O3. The van der Waals surface area contributed by atoms with Gasteiger partial charge in [-0.3, -0.25) is 4.79 Å². The lowest BCUT2D eigenvalue weighted by Gasteiger charge is -2.37. The molecule has 1 unspecified atom stereocenters. The molecule has 0 aromatic carbocycles. The minimum Gasteiger partial charge on any atom is -0.481 e. The number of carbonyl (C=O) groups is 2. The maximum absolute atomic E-state index is 12.4. The zero-order valence-electron chi connectivity index (χ0n) is 12.5. The molecule has 5 nitrogen and oxygen atoms in total. The van der Waals surface area contributed by atoms with E-state index in [-0.39, 0.29) is 18.0 Å². The molecular weight excluding hydrogens is 244 g/mol. The lowest BCUT2D eigenvalue weighted by atomic mass is 10.0. The summed E-state index contributed by atoms with van der Waals surface area (Å²) >= 11 is 0. The molecule has 2 amide bonds. The molecule has 19 heavy (non-hydrogen) atoms. The molecule has 1 fully saturated rings. The minimum absolute atomic E-state index is 0.0599. The Morgan fingerprint density at radius 1 is 1.42 bits per heavy atom. The van der Waals surface area contributed by atoms with Crippen molar-refractivity contribution in [3.05, 3.63) is 0 Å². The summed E-state index contributed by atoms with van der Waals surface area (Å²) in [5, 5.41) is 8.69. The first kappa shape index (κ1) is 15.8. The summed E-state index contributed by atoms with van der Waals surface area (Å²) < 4.78 is 0. The lowest BCUT2D eigenvalue weighted by molar-refractivity contribution is -0.137. The number of amides is 2. The van der Waals surface area contributed by atoms with E-state index in [4.69, 9.17) is 5.11 Å². The standard InChI is InChI=1S/C14H26N2O3/c1-5-14(2,3)15(4)13(19)16-9-8-11(10-16)6-7-12(17)18/h11H,5-10H2,1-4H3,(H,17,18). The van der Waals surface area contributed by atoms with Gasteiger partial charge >= 0.3 is 12.0 Å². The number of carbonyl (C=O) groups excluding carboxylic acids is 1. The summed E-state index contributed by atoms with van der Waals surface area (Å²) in [6.07, 6.45) is 2.69. The van der Waals surface area contributed by atoms with Crippen LogP contribution < -0.4 is 0 Å². The molecule has 1 atom stereocenters. The third kappa shape index (κ3) is 4.11. The average molecular weight is 270 g/mol. The summed E-state index contributed by atoms with van der Waals surface area (Å²) in [5.74, 6) is -0.424. The van der Waals surface area contributed by atoms with Crippen molar-refractivity contribution in [2.45, 2.75) is 52.0 Å². The van der Waals surface area contributed by atoms with Gasteiger partial charge < -0.3 is 14.9 Å². The van der Waals surface area contributed by atoms with Crippen molar-refractivity contribution in [2.75, 3.05) is 20.1 Å². The first-order valence-electron chi connectivity index (χ1n) is 7.02. The summed E-state index contributed by atoms with van der Waals surface area (Å²) in [4.78, 5) is 26.6. The summed E-state index contributed by atoms with van der Waals surface area (Å²) in [7, 11) is 1.84. The number of nitrogens with zero attached hydrogens (tertiary/aromatic N) is 2. The maximum Gasteiger partial charge on any atom is 0.320 e. The predicted octanol–water partition coefficient (Wildman–Crippen LogP) is 2.41. The summed E-state index contributed by atoms with van der Waals surface area (Å²) in [6.45, 7) is 7.62. The molecule has 110 valence electrons. The highest BCUT2D eigenvalue weighted by Gasteiger charge is 2.33.